The summed E-state index contributed by atoms with van der Waals surface area (Å²) in [7, 11) is 0. The molecule has 0 radical (unpaired) electrons. The van der Waals surface area contributed by atoms with Crippen LogP contribution in [0.3, 0.4) is 0 Å². The first kappa shape index (κ1) is 15.1. The molecule has 8 nitrogen and oxygen atoms in total. The second-order valence-corrected chi connectivity index (χ2v) is 5.06. The van der Waals surface area contributed by atoms with E-state index in [2.05, 4.69) is 20.9 Å². The molecule has 1 amide bonds. The molecule has 0 aliphatic rings. The Balaban J connectivity index is 1.92. The number of carbonyl (C=O) groups is 1. The monoisotopic (exact) mass is 311 g/mol. The Kier molecular flexibility index (Phi) is 4.60. The standard InChI is InChI=1S/C11H14FN7OS/c1-6-2-3-7(4-8(6)12)15-9(20)5-21-11-18-17-10(16-13)19(11)14/h2-4H,5,13-14H2,1H3,(H,15,20)(H,16,17). The zero-order valence-corrected chi connectivity index (χ0v) is 11.9. The van der Waals surface area contributed by atoms with Crippen LogP contribution in [-0.4, -0.2) is 26.5 Å². The van der Waals surface area contributed by atoms with Crippen molar-refractivity contribution >= 4 is 29.3 Å². The van der Waals surface area contributed by atoms with Gasteiger partial charge in [0, 0.05) is 5.69 Å². The number of hydrogen-bond donors (Lipinski definition) is 4. The first-order valence-electron chi connectivity index (χ1n) is 5.87. The van der Waals surface area contributed by atoms with Crippen molar-refractivity contribution in [2.24, 2.45) is 5.84 Å². The van der Waals surface area contributed by atoms with Gasteiger partial charge < -0.3 is 11.2 Å². The lowest BCUT2D eigenvalue weighted by atomic mass is 10.2. The highest BCUT2D eigenvalue weighted by molar-refractivity contribution is 7.99. The van der Waals surface area contributed by atoms with Gasteiger partial charge in [0.25, 0.3) is 5.95 Å². The van der Waals surface area contributed by atoms with E-state index in [0.717, 1.165) is 16.4 Å². The largest absolute Gasteiger partial charge is 0.334 e. The molecule has 0 aliphatic carbocycles. The van der Waals surface area contributed by atoms with Crippen LogP contribution in [0.25, 0.3) is 0 Å². The van der Waals surface area contributed by atoms with Crippen LogP contribution in [0.2, 0.25) is 0 Å². The predicted molar refractivity (Wildman–Crippen MR) is 78.5 cm³/mol. The van der Waals surface area contributed by atoms with E-state index < -0.39 is 0 Å². The number of aromatic nitrogens is 3. The van der Waals surface area contributed by atoms with Gasteiger partial charge in [0.2, 0.25) is 11.1 Å². The van der Waals surface area contributed by atoms with Crippen molar-refractivity contribution in [1.29, 1.82) is 0 Å². The summed E-state index contributed by atoms with van der Waals surface area (Å²) in [5, 5.41) is 10.3. The lowest BCUT2D eigenvalue weighted by Crippen LogP contribution is -2.19. The molecule has 0 bridgehead atoms. The van der Waals surface area contributed by atoms with Crippen LogP contribution in [0.15, 0.2) is 23.4 Å². The van der Waals surface area contributed by atoms with Crippen molar-refractivity contribution in [3.63, 3.8) is 0 Å². The molecule has 0 saturated carbocycles. The van der Waals surface area contributed by atoms with Crippen molar-refractivity contribution in [2.45, 2.75) is 12.1 Å². The number of hydrazine groups is 1. The Morgan fingerprint density at radius 1 is 1.48 bits per heavy atom. The van der Waals surface area contributed by atoms with Crippen LogP contribution >= 0.6 is 11.8 Å². The van der Waals surface area contributed by atoms with E-state index in [1.807, 2.05) is 0 Å². The van der Waals surface area contributed by atoms with Gasteiger partial charge in [-0.15, -0.1) is 10.2 Å². The Morgan fingerprint density at radius 3 is 2.86 bits per heavy atom. The summed E-state index contributed by atoms with van der Waals surface area (Å²) in [6.07, 6.45) is 0. The first-order chi connectivity index (χ1) is 10.0. The summed E-state index contributed by atoms with van der Waals surface area (Å²) in [5.74, 6) is 10.4. The van der Waals surface area contributed by atoms with Crippen LogP contribution in [0.5, 0.6) is 0 Å². The van der Waals surface area contributed by atoms with Gasteiger partial charge >= 0.3 is 0 Å². The second kappa shape index (κ2) is 6.41. The van der Waals surface area contributed by atoms with Crippen molar-refractivity contribution in [3.8, 4) is 0 Å². The third-order valence-corrected chi connectivity index (χ3v) is 3.52. The second-order valence-electron chi connectivity index (χ2n) is 4.12. The van der Waals surface area contributed by atoms with Crippen molar-refractivity contribution in [3.05, 3.63) is 29.6 Å². The van der Waals surface area contributed by atoms with Gasteiger partial charge in [0.1, 0.15) is 5.82 Å². The van der Waals surface area contributed by atoms with E-state index in [-0.39, 0.29) is 23.4 Å². The molecule has 0 atom stereocenters. The van der Waals surface area contributed by atoms with Crippen molar-refractivity contribution in [2.75, 3.05) is 22.3 Å². The van der Waals surface area contributed by atoms with Crippen molar-refractivity contribution in [1.82, 2.24) is 14.9 Å². The number of anilines is 2. The fourth-order valence-electron chi connectivity index (χ4n) is 1.47. The van der Waals surface area contributed by atoms with Gasteiger partial charge in [-0.25, -0.2) is 14.9 Å². The zero-order valence-electron chi connectivity index (χ0n) is 11.1. The molecule has 2 aromatic rings. The van der Waals surface area contributed by atoms with Gasteiger partial charge in [-0.2, -0.15) is 0 Å². The quantitative estimate of drug-likeness (QED) is 0.359. The number of nitrogens with two attached hydrogens (primary N) is 2. The highest BCUT2D eigenvalue weighted by Crippen LogP contribution is 2.17. The molecule has 0 unspecified atom stereocenters. The Morgan fingerprint density at radius 2 is 2.24 bits per heavy atom. The minimum absolute atomic E-state index is 0.0510. The number of nitrogens with zero attached hydrogens (tertiary/aromatic N) is 3. The number of amides is 1. The van der Waals surface area contributed by atoms with E-state index in [0.29, 0.717) is 16.4 Å². The highest BCUT2D eigenvalue weighted by atomic mass is 32.2. The summed E-state index contributed by atoms with van der Waals surface area (Å²) in [5.41, 5.74) is 3.17. The number of thioether (sulfide) groups is 1. The molecule has 6 N–H and O–H groups in total. The molecule has 1 aromatic heterocycles. The van der Waals surface area contributed by atoms with E-state index in [9.17, 15) is 9.18 Å². The molecule has 2 rings (SSSR count). The Hall–Kier alpha value is -2.33. The number of nitrogen functional groups attached to an aromatic ring is 2. The van der Waals surface area contributed by atoms with Gasteiger partial charge in [-0.05, 0) is 24.6 Å². The predicted octanol–water partition coefficient (Wildman–Crippen LogP) is 0.456. The van der Waals surface area contributed by atoms with Gasteiger partial charge in [-0.3, -0.25) is 10.2 Å². The number of rotatable bonds is 5. The van der Waals surface area contributed by atoms with Crippen LogP contribution in [0.4, 0.5) is 16.0 Å². The average molecular weight is 311 g/mol. The first-order valence-corrected chi connectivity index (χ1v) is 6.85. The minimum atomic E-state index is -0.374. The van der Waals surface area contributed by atoms with Crippen LogP contribution in [0.1, 0.15) is 5.56 Å². The number of benzene rings is 1. The third-order valence-electron chi connectivity index (χ3n) is 2.58. The van der Waals surface area contributed by atoms with E-state index >= 15 is 0 Å². The molecule has 0 spiro atoms. The molecule has 1 heterocycles. The summed E-state index contributed by atoms with van der Waals surface area (Å²) in [6.45, 7) is 1.65. The normalized spacial score (nSPS) is 10.4. The lowest BCUT2D eigenvalue weighted by Gasteiger charge is -2.06. The zero-order chi connectivity index (χ0) is 15.4. The number of nitrogens with one attached hydrogen (secondary N) is 2. The highest BCUT2D eigenvalue weighted by Gasteiger charge is 2.11. The smallest absolute Gasteiger partial charge is 0.258 e. The third kappa shape index (κ3) is 3.61. The van der Waals surface area contributed by atoms with E-state index in [1.54, 1.807) is 19.1 Å². The Bertz CT molecular complexity index is 660. The average Bonchev–Trinajstić information content (AvgIpc) is 2.81. The molecular weight excluding hydrogens is 297 g/mol. The van der Waals surface area contributed by atoms with Crippen LogP contribution in [-0.2, 0) is 4.79 Å². The molecule has 0 saturated heterocycles. The number of hydrogen-bond acceptors (Lipinski definition) is 7. The molecule has 0 fully saturated rings. The maximum Gasteiger partial charge on any atom is 0.258 e. The Labute approximate surface area is 124 Å². The fraction of sp³-hybridized carbons (Fsp3) is 0.182. The molecule has 1 aromatic carbocycles. The molecule has 21 heavy (non-hydrogen) atoms. The number of carbonyl (C=O) groups excluding carboxylic acids is 1. The van der Waals surface area contributed by atoms with Gasteiger partial charge in [0.05, 0.1) is 5.75 Å². The summed E-state index contributed by atoms with van der Waals surface area (Å²) < 4.78 is 14.5. The molecular formula is C11H14FN7OS. The maximum absolute atomic E-state index is 13.4. The number of aryl methyl sites for hydroxylation is 1. The SMILES string of the molecule is Cc1ccc(NC(=O)CSc2nnc(NN)n2N)cc1F. The molecule has 0 aliphatic heterocycles. The maximum atomic E-state index is 13.4. The summed E-state index contributed by atoms with van der Waals surface area (Å²) in [6, 6.07) is 4.48. The van der Waals surface area contributed by atoms with E-state index in [4.69, 9.17) is 11.7 Å². The van der Waals surface area contributed by atoms with Crippen LogP contribution in [0, 0.1) is 12.7 Å². The number of halogens is 1. The summed E-state index contributed by atoms with van der Waals surface area (Å²) in [4.78, 5) is 11.8. The lowest BCUT2D eigenvalue weighted by molar-refractivity contribution is -0.113. The summed E-state index contributed by atoms with van der Waals surface area (Å²) >= 11 is 1.08. The van der Waals surface area contributed by atoms with Gasteiger partial charge in [0.15, 0.2) is 0 Å². The molecule has 112 valence electrons. The minimum Gasteiger partial charge on any atom is -0.334 e. The van der Waals surface area contributed by atoms with Crippen LogP contribution < -0.4 is 22.4 Å². The molecule has 10 heteroatoms. The topological polar surface area (TPSA) is 124 Å². The van der Waals surface area contributed by atoms with Crippen molar-refractivity contribution < 1.29 is 9.18 Å². The fourth-order valence-corrected chi connectivity index (χ4v) is 2.13. The van der Waals surface area contributed by atoms with Gasteiger partial charge in [-0.1, -0.05) is 17.8 Å². The van der Waals surface area contributed by atoms with E-state index in [1.165, 1.54) is 6.07 Å².